The van der Waals surface area contributed by atoms with E-state index in [-0.39, 0.29) is 5.91 Å². The number of aryl methyl sites for hydroxylation is 1. The van der Waals surface area contributed by atoms with E-state index in [1.54, 1.807) is 30.7 Å². The third kappa shape index (κ3) is 3.64. The van der Waals surface area contributed by atoms with Crippen LogP contribution in [0, 0.1) is 6.92 Å². The van der Waals surface area contributed by atoms with E-state index in [0.29, 0.717) is 5.56 Å². The van der Waals surface area contributed by atoms with Gasteiger partial charge in [0, 0.05) is 31.0 Å². The first-order valence-electron chi connectivity index (χ1n) is 9.37. The number of nitrogens with one attached hydrogen (secondary N) is 1. The van der Waals surface area contributed by atoms with Crippen LogP contribution in [0.2, 0.25) is 0 Å². The lowest BCUT2D eigenvalue weighted by Gasteiger charge is -2.20. The highest BCUT2D eigenvalue weighted by molar-refractivity contribution is 5.95. The second-order valence-corrected chi connectivity index (χ2v) is 6.70. The summed E-state index contributed by atoms with van der Waals surface area (Å²) in [4.78, 5) is 18.5. The predicted molar refractivity (Wildman–Crippen MR) is 109 cm³/mol. The molecule has 1 saturated heterocycles. The zero-order valence-electron chi connectivity index (χ0n) is 15.7. The fraction of sp³-hybridized carbons (Fsp3) is 0.238. The van der Waals surface area contributed by atoms with Gasteiger partial charge in [-0.2, -0.15) is 10.2 Å². The monoisotopic (exact) mass is 374 g/mol. The Labute approximate surface area is 163 Å². The summed E-state index contributed by atoms with van der Waals surface area (Å²) in [6, 6.07) is 13.4. The van der Waals surface area contributed by atoms with Gasteiger partial charge in [-0.3, -0.25) is 9.78 Å². The molecule has 0 bridgehead atoms. The van der Waals surface area contributed by atoms with Crippen LogP contribution in [0.25, 0.3) is 5.69 Å². The van der Waals surface area contributed by atoms with Gasteiger partial charge in [0.25, 0.3) is 5.91 Å². The van der Waals surface area contributed by atoms with Crippen molar-refractivity contribution in [3.05, 3.63) is 71.7 Å². The first kappa shape index (κ1) is 17.9. The van der Waals surface area contributed by atoms with Crippen LogP contribution in [-0.4, -0.2) is 40.0 Å². The van der Waals surface area contributed by atoms with Gasteiger partial charge in [0.05, 0.1) is 23.2 Å². The van der Waals surface area contributed by atoms with Gasteiger partial charge in [-0.1, -0.05) is 18.2 Å². The quantitative estimate of drug-likeness (QED) is 0.550. The van der Waals surface area contributed by atoms with Gasteiger partial charge in [0.1, 0.15) is 5.82 Å². The highest BCUT2D eigenvalue weighted by Gasteiger charge is 2.23. The second kappa shape index (κ2) is 8.04. The Bertz CT molecular complexity index is 975. The highest BCUT2D eigenvalue weighted by Crippen LogP contribution is 2.28. The van der Waals surface area contributed by atoms with E-state index >= 15 is 0 Å². The summed E-state index contributed by atoms with van der Waals surface area (Å²) in [6.45, 7) is 3.94. The van der Waals surface area contributed by atoms with Gasteiger partial charge >= 0.3 is 0 Å². The molecule has 142 valence electrons. The Balaban J connectivity index is 1.64. The fourth-order valence-corrected chi connectivity index (χ4v) is 3.38. The van der Waals surface area contributed by atoms with Crippen molar-refractivity contribution in [2.45, 2.75) is 19.8 Å². The summed E-state index contributed by atoms with van der Waals surface area (Å²) in [7, 11) is 0. The number of carbonyl (C=O) groups is 1. The zero-order chi connectivity index (χ0) is 19.3. The molecular formula is C21H22N6O. The SMILES string of the molecule is Cc1nn(-c2ccccc2)c(N2CCCC2)c1/C=N/NC(=O)c1ccncc1. The number of pyridine rings is 1. The summed E-state index contributed by atoms with van der Waals surface area (Å²) in [5, 5.41) is 8.94. The molecule has 1 aliphatic heterocycles. The van der Waals surface area contributed by atoms with E-state index in [2.05, 4.69) is 20.4 Å². The molecule has 1 aromatic carbocycles. The minimum Gasteiger partial charge on any atom is -0.356 e. The number of amides is 1. The van der Waals surface area contributed by atoms with E-state index in [0.717, 1.165) is 48.7 Å². The van der Waals surface area contributed by atoms with Gasteiger partial charge in [-0.25, -0.2) is 10.1 Å². The zero-order valence-corrected chi connectivity index (χ0v) is 15.7. The van der Waals surface area contributed by atoms with Crippen molar-refractivity contribution in [1.82, 2.24) is 20.2 Å². The molecule has 7 heteroatoms. The number of anilines is 1. The molecule has 3 heterocycles. The molecule has 0 aliphatic carbocycles. The van der Waals surface area contributed by atoms with Crippen molar-refractivity contribution >= 4 is 17.9 Å². The lowest BCUT2D eigenvalue weighted by molar-refractivity contribution is 0.0955. The average molecular weight is 374 g/mol. The Morgan fingerprint density at radius 2 is 1.82 bits per heavy atom. The molecule has 0 atom stereocenters. The van der Waals surface area contributed by atoms with Crippen LogP contribution in [0.1, 0.15) is 34.5 Å². The van der Waals surface area contributed by atoms with E-state index in [4.69, 9.17) is 5.10 Å². The van der Waals surface area contributed by atoms with Crippen LogP contribution in [0.3, 0.4) is 0 Å². The first-order valence-corrected chi connectivity index (χ1v) is 9.37. The van der Waals surface area contributed by atoms with Crippen molar-refractivity contribution in [3.63, 3.8) is 0 Å². The number of para-hydroxylation sites is 1. The Kier molecular flexibility index (Phi) is 5.14. The van der Waals surface area contributed by atoms with Gasteiger partial charge in [-0.15, -0.1) is 0 Å². The van der Waals surface area contributed by atoms with Crippen molar-refractivity contribution in [2.24, 2.45) is 5.10 Å². The van der Waals surface area contributed by atoms with Crippen LogP contribution in [0.15, 0.2) is 60.0 Å². The number of nitrogens with zero attached hydrogens (tertiary/aromatic N) is 5. The van der Waals surface area contributed by atoms with Gasteiger partial charge in [-0.05, 0) is 44.0 Å². The second-order valence-electron chi connectivity index (χ2n) is 6.70. The Morgan fingerprint density at radius 3 is 2.54 bits per heavy atom. The summed E-state index contributed by atoms with van der Waals surface area (Å²) in [5.41, 5.74) is 5.90. The molecule has 1 fully saturated rings. The van der Waals surface area contributed by atoms with Crippen LogP contribution >= 0.6 is 0 Å². The molecule has 28 heavy (non-hydrogen) atoms. The van der Waals surface area contributed by atoms with Crippen molar-refractivity contribution in [2.75, 3.05) is 18.0 Å². The lowest BCUT2D eigenvalue weighted by atomic mass is 10.2. The third-order valence-corrected chi connectivity index (χ3v) is 4.79. The number of carbonyl (C=O) groups excluding carboxylic acids is 1. The molecule has 1 amide bonds. The van der Waals surface area contributed by atoms with E-state index in [9.17, 15) is 4.79 Å². The van der Waals surface area contributed by atoms with E-state index in [1.165, 1.54) is 0 Å². The molecule has 7 nitrogen and oxygen atoms in total. The molecule has 0 radical (unpaired) electrons. The number of hydrogen-bond donors (Lipinski definition) is 1. The highest BCUT2D eigenvalue weighted by atomic mass is 16.2. The molecule has 1 aliphatic rings. The average Bonchev–Trinajstić information content (AvgIpc) is 3.37. The fourth-order valence-electron chi connectivity index (χ4n) is 3.38. The summed E-state index contributed by atoms with van der Waals surface area (Å²) < 4.78 is 1.96. The predicted octanol–water partition coefficient (Wildman–Crippen LogP) is 2.94. The number of hydrazone groups is 1. The van der Waals surface area contributed by atoms with Crippen LogP contribution in [0.5, 0.6) is 0 Å². The molecule has 1 N–H and O–H groups in total. The maximum atomic E-state index is 12.2. The maximum absolute atomic E-state index is 12.2. The first-order chi connectivity index (χ1) is 13.7. The number of benzene rings is 1. The Hall–Kier alpha value is -3.48. The minimum absolute atomic E-state index is 0.269. The van der Waals surface area contributed by atoms with E-state index < -0.39 is 0 Å². The topological polar surface area (TPSA) is 75.4 Å². The minimum atomic E-state index is -0.269. The third-order valence-electron chi connectivity index (χ3n) is 4.79. The van der Waals surface area contributed by atoms with Crippen LogP contribution in [0.4, 0.5) is 5.82 Å². The standard InChI is InChI=1S/C21H22N6O/c1-16-19(15-23-24-20(28)17-9-11-22-12-10-17)21(26-13-5-6-14-26)27(25-16)18-7-3-2-4-8-18/h2-4,7-12,15H,5-6,13-14H2,1H3,(H,24,28)/b23-15+. The van der Waals surface area contributed by atoms with Gasteiger partial charge in [0.2, 0.25) is 0 Å². The van der Waals surface area contributed by atoms with Crippen LogP contribution < -0.4 is 10.3 Å². The smallest absolute Gasteiger partial charge is 0.271 e. The van der Waals surface area contributed by atoms with Crippen LogP contribution in [-0.2, 0) is 0 Å². The largest absolute Gasteiger partial charge is 0.356 e. The van der Waals surface area contributed by atoms with Gasteiger partial charge in [0.15, 0.2) is 0 Å². The summed E-state index contributed by atoms with van der Waals surface area (Å²) in [5.74, 6) is 0.748. The number of hydrogen-bond acceptors (Lipinski definition) is 5. The Morgan fingerprint density at radius 1 is 1.11 bits per heavy atom. The lowest BCUT2D eigenvalue weighted by Crippen LogP contribution is -2.23. The number of rotatable bonds is 5. The van der Waals surface area contributed by atoms with Gasteiger partial charge < -0.3 is 4.90 Å². The van der Waals surface area contributed by atoms with Crippen molar-refractivity contribution in [1.29, 1.82) is 0 Å². The van der Waals surface area contributed by atoms with Crippen molar-refractivity contribution in [3.8, 4) is 5.69 Å². The number of aromatic nitrogens is 3. The van der Waals surface area contributed by atoms with E-state index in [1.807, 2.05) is 41.9 Å². The molecule has 3 aromatic rings. The molecule has 2 aromatic heterocycles. The molecule has 4 rings (SSSR count). The normalized spacial score (nSPS) is 14.0. The molecule has 0 unspecified atom stereocenters. The summed E-state index contributed by atoms with van der Waals surface area (Å²) in [6.07, 6.45) is 7.17. The maximum Gasteiger partial charge on any atom is 0.271 e. The molecular weight excluding hydrogens is 352 g/mol. The molecule has 0 spiro atoms. The summed E-state index contributed by atoms with van der Waals surface area (Å²) >= 11 is 0. The molecule has 0 saturated carbocycles. The van der Waals surface area contributed by atoms with Crippen molar-refractivity contribution < 1.29 is 4.79 Å².